The summed E-state index contributed by atoms with van der Waals surface area (Å²) in [5.74, 6) is 6.51. The van der Waals surface area contributed by atoms with Crippen molar-refractivity contribution >= 4 is 5.84 Å². The zero-order valence-electron chi connectivity index (χ0n) is 6.80. The lowest BCUT2D eigenvalue weighted by atomic mass is 10.4. The molecule has 1 saturated heterocycles. The van der Waals surface area contributed by atoms with E-state index in [2.05, 4.69) is 16.9 Å². The Morgan fingerprint density at radius 2 is 2.55 bits per heavy atom. The Morgan fingerprint density at radius 1 is 1.82 bits per heavy atom. The fourth-order valence-electron chi connectivity index (χ4n) is 0.954. The van der Waals surface area contributed by atoms with E-state index in [9.17, 15) is 0 Å². The summed E-state index contributed by atoms with van der Waals surface area (Å²) in [6, 6.07) is 0. The van der Waals surface area contributed by atoms with E-state index in [-0.39, 0.29) is 0 Å². The van der Waals surface area contributed by atoms with Crippen LogP contribution < -0.4 is 11.2 Å². The molecule has 4 heteroatoms. The van der Waals surface area contributed by atoms with Gasteiger partial charge >= 0.3 is 0 Å². The van der Waals surface area contributed by atoms with Gasteiger partial charge in [0.2, 0.25) is 0 Å². The van der Waals surface area contributed by atoms with Crippen LogP contribution in [-0.4, -0.2) is 30.5 Å². The molecule has 0 unspecified atom stereocenters. The van der Waals surface area contributed by atoms with Gasteiger partial charge in [0.1, 0.15) is 5.84 Å². The van der Waals surface area contributed by atoms with Gasteiger partial charge in [-0.05, 0) is 6.92 Å². The van der Waals surface area contributed by atoms with Gasteiger partial charge in [-0.1, -0.05) is 6.58 Å². The Morgan fingerprint density at radius 3 is 3.09 bits per heavy atom. The van der Waals surface area contributed by atoms with Crippen molar-refractivity contribution in [2.24, 2.45) is 10.8 Å². The summed E-state index contributed by atoms with van der Waals surface area (Å²) < 4.78 is 0. The summed E-state index contributed by atoms with van der Waals surface area (Å²) in [5.41, 5.74) is 0.791. The molecule has 1 aliphatic rings. The summed E-state index contributed by atoms with van der Waals surface area (Å²) in [6.07, 6.45) is 0. The number of nitrogens with zero attached hydrogens (tertiary/aromatic N) is 2. The van der Waals surface area contributed by atoms with E-state index < -0.39 is 0 Å². The third kappa shape index (κ3) is 2.32. The fraction of sp³-hybridized carbons (Fsp3) is 0.571. The highest BCUT2D eigenvalue weighted by Crippen LogP contribution is 1.95. The van der Waals surface area contributed by atoms with Crippen LogP contribution in [0.1, 0.15) is 6.92 Å². The lowest BCUT2D eigenvalue weighted by Gasteiger charge is -2.26. The number of rotatable bonds is 1. The van der Waals surface area contributed by atoms with Crippen molar-refractivity contribution in [1.82, 2.24) is 10.3 Å². The van der Waals surface area contributed by atoms with Gasteiger partial charge in [0.15, 0.2) is 0 Å². The minimum atomic E-state index is 0.739. The number of hydrazine groups is 1. The average molecular weight is 154 g/mol. The number of allylic oxidation sites excluding steroid dienone is 1. The second-order valence-corrected chi connectivity index (χ2v) is 2.63. The van der Waals surface area contributed by atoms with Crippen LogP contribution in [0.4, 0.5) is 0 Å². The summed E-state index contributed by atoms with van der Waals surface area (Å²) in [7, 11) is 0. The standard InChI is InChI=1S/C7H14N4/c1-6(2)10-7-5-9-3-4-11(7)8/h9H,1,3-5,8H2,2H3/b10-7-. The van der Waals surface area contributed by atoms with E-state index in [1.165, 1.54) is 0 Å². The van der Waals surface area contributed by atoms with Gasteiger partial charge in [-0.2, -0.15) is 0 Å². The highest BCUT2D eigenvalue weighted by atomic mass is 15.4. The molecule has 11 heavy (non-hydrogen) atoms. The van der Waals surface area contributed by atoms with Gasteiger partial charge in [-0.15, -0.1) is 0 Å². The van der Waals surface area contributed by atoms with Gasteiger partial charge in [0.05, 0.1) is 6.54 Å². The van der Waals surface area contributed by atoms with Crippen molar-refractivity contribution in [2.75, 3.05) is 19.6 Å². The molecule has 0 spiro atoms. The smallest absolute Gasteiger partial charge is 0.132 e. The Labute approximate surface area is 66.7 Å². The Bertz CT molecular complexity index is 185. The van der Waals surface area contributed by atoms with E-state index >= 15 is 0 Å². The maximum atomic E-state index is 5.65. The highest BCUT2D eigenvalue weighted by Gasteiger charge is 2.11. The highest BCUT2D eigenvalue weighted by molar-refractivity contribution is 5.85. The number of hydrogen-bond acceptors (Lipinski definition) is 3. The van der Waals surface area contributed by atoms with E-state index in [0.29, 0.717) is 0 Å². The van der Waals surface area contributed by atoms with E-state index in [4.69, 9.17) is 5.84 Å². The van der Waals surface area contributed by atoms with Crippen LogP contribution in [0, 0.1) is 0 Å². The minimum absolute atomic E-state index is 0.739. The number of nitrogens with two attached hydrogens (primary N) is 1. The van der Waals surface area contributed by atoms with Crippen molar-refractivity contribution in [3.63, 3.8) is 0 Å². The van der Waals surface area contributed by atoms with Crippen LogP contribution in [0.25, 0.3) is 0 Å². The van der Waals surface area contributed by atoms with Crippen LogP contribution in [0.2, 0.25) is 0 Å². The Kier molecular flexibility index (Phi) is 2.62. The molecule has 0 aromatic heterocycles. The van der Waals surface area contributed by atoms with Crippen LogP contribution >= 0.6 is 0 Å². The predicted octanol–water partition coefficient (Wildman–Crippen LogP) is -0.303. The Hall–Kier alpha value is -0.870. The van der Waals surface area contributed by atoms with Crippen molar-refractivity contribution in [1.29, 1.82) is 0 Å². The van der Waals surface area contributed by atoms with Crippen LogP contribution in [0.3, 0.4) is 0 Å². The van der Waals surface area contributed by atoms with Gasteiger partial charge in [-0.25, -0.2) is 10.8 Å². The molecule has 0 aromatic rings. The molecule has 0 aromatic carbocycles. The third-order valence-corrected chi connectivity index (χ3v) is 1.46. The fourth-order valence-corrected chi connectivity index (χ4v) is 0.954. The van der Waals surface area contributed by atoms with Crippen LogP contribution in [-0.2, 0) is 0 Å². The molecular weight excluding hydrogens is 140 g/mol. The lowest BCUT2D eigenvalue weighted by Crippen LogP contribution is -2.51. The van der Waals surface area contributed by atoms with Gasteiger partial charge in [0, 0.05) is 18.8 Å². The maximum Gasteiger partial charge on any atom is 0.132 e. The van der Waals surface area contributed by atoms with E-state index in [1.807, 2.05) is 6.92 Å². The summed E-state index contributed by atoms with van der Waals surface area (Å²) in [6.45, 7) is 8.02. The topological polar surface area (TPSA) is 53.7 Å². The number of hydrogen-bond donors (Lipinski definition) is 2. The molecule has 1 aliphatic heterocycles. The number of amidine groups is 1. The largest absolute Gasteiger partial charge is 0.308 e. The molecule has 0 radical (unpaired) electrons. The molecule has 3 N–H and O–H groups in total. The molecule has 0 bridgehead atoms. The first-order valence-electron chi connectivity index (χ1n) is 3.66. The number of aliphatic imine (C=N–C) groups is 1. The minimum Gasteiger partial charge on any atom is -0.308 e. The molecule has 4 nitrogen and oxygen atoms in total. The third-order valence-electron chi connectivity index (χ3n) is 1.46. The van der Waals surface area contributed by atoms with Crippen molar-refractivity contribution in [3.05, 3.63) is 12.3 Å². The first kappa shape index (κ1) is 8.23. The van der Waals surface area contributed by atoms with Crippen LogP contribution in [0.5, 0.6) is 0 Å². The molecule has 0 saturated carbocycles. The summed E-state index contributed by atoms with van der Waals surface area (Å²) in [4.78, 5) is 4.18. The average Bonchev–Trinajstić information content (AvgIpc) is 1.93. The molecule has 0 atom stereocenters. The van der Waals surface area contributed by atoms with Crippen LogP contribution in [0.15, 0.2) is 17.3 Å². The van der Waals surface area contributed by atoms with E-state index in [1.54, 1.807) is 5.01 Å². The predicted molar refractivity (Wildman–Crippen MR) is 46.0 cm³/mol. The zero-order chi connectivity index (χ0) is 8.27. The monoisotopic (exact) mass is 154 g/mol. The molecule has 1 heterocycles. The molecule has 1 fully saturated rings. The van der Waals surface area contributed by atoms with Gasteiger partial charge in [0.25, 0.3) is 0 Å². The normalized spacial score (nSPS) is 22.4. The van der Waals surface area contributed by atoms with Gasteiger partial charge in [-0.3, -0.25) is 5.01 Å². The number of piperazine rings is 1. The van der Waals surface area contributed by atoms with Crippen molar-refractivity contribution < 1.29 is 0 Å². The molecule has 62 valence electrons. The molecule has 0 amide bonds. The first-order valence-corrected chi connectivity index (χ1v) is 3.66. The second-order valence-electron chi connectivity index (χ2n) is 2.63. The summed E-state index contributed by atoms with van der Waals surface area (Å²) in [5, 5.41) is 4.83. The van der Waals surface area contributed by atoms with E-state index in [0.717, 1.165) is 31.2 Å². The number of nitrogens with one attached hydrogen (secondary N) is 1. The first-order chi connectivity index (χ1) is 5.20. The lowest BCUT2D eigenvalue weighted by molar-refractivity contribution is 0.395. The van der Waals surface area contributed by atoms with Crippen molar-refractivity contribution in [3.8, 4) is 0 Å². The quantitative estimate of drug-likeness (QED) is 0.510. The molecular formula is C7H14N4. The van der Waals surface area contributed by atoms with Gasteiger partial charge < -0.3 is 5.32 Å². The SMILES string of the molecule is C=C(C)/N=C1/CNCCN1N. The maximum absolute atomic E-state index is 5.65. The van der Waals surface area contributed by atoms with Crippen molar-refractivity contribution in [2.45, 2.75) is 6.92 Å². The zero-order valence-corrected chi connectivity index (χ0v) is 6.80. The molecule has 1 rings (SSSR count). The molecule has 0 aliphatic carbocycles. The second kappa shape index (κ2) is 3.50. The Balaban J connectivity index is 2.60. The summed E-state index contributed by atoms with van der Waals surface area (Å²) >= 11 is 0.